The van der Waals surface area contributed by atoms with Crippen LogP contribution in [0.15, 0.2) is 34.9 Å². The highest BCUT2D eigenvalue weighted by molar-refractivity contribution is 9.10. The van der Waals surface area contributed by atoms with Crippen LogP contribution in [0, 0.1) is 0 Å². The van der Waals surface area contributed by atoms with Crippen LogP contribution in [-0.4, -0.2) is 10.5 Å². The quantitative estimate of drug-likeness (QED) is 0.779. The number of carbonyl (C=O) groups excluding carboxylic acids is 1. The van der Waals surface area contributed by atoms with Crippen LogP contribution < -0.4 is 5.32 Å². The molecule has 2 aromatic rings. The van der Waals surface area contributed by atoms with E-state index in [9.17, 15) is 4.79 Å². The van der Waals surface area contributed by atoms with Gasteiger partial charge in [-0.3, -0.25) is 4.79 Å². The van der Waals surface area contributed by atoms with Gasteiger partial charge in [-0.25, -0.2) is 0 Å². The Labute approximate surface area is 138 Å². The molecule has 0 spiro atoms. The summed E-state index contributed by atoms with van der Waals surface area (Å²) in [5, 5.41) is 3.56. The van der Waals surface area contributed by atoms with E-state index in [4.69, 9.17) is 11.6 Å². The number of rotatable bonds is 5. The standard InChI is InChI=1S/C16H18BrClN2O/c1-3-7-20-10-13(18)9-15(20)16(21)19-14-6-5-12(17)8-11(14)4-2/h5-6,8-10H,3-4,7H2,1-2H3,(H,19,21). The molecule has 0 bridgehead atoms. The fourth-order valence-corrected chi connectivity index (χ4v) is 2.88. The lowest BCUT2D eigenvalue weighted by atomic mass is 10.1. The van der Waals surface area contributed by atoms with Crippen molar-refractivity contribution in [2.45, 2.75) is 33.2 Å². The number of aryl methyl sites for hydroxylation is 2. The van der Waals surface area contributed by atoms with Gasteiger partial charge in [-0.1, -0.05) is 41.4 Å². The second kappa shape index (κ2) is 7.14. The summed E-state index contributed by atoms with van der Waals surface area (Å²) >= 11 is 9.47. The fraction of sp³-hybridized carbons (Fsp3) is 0.312. The van der Waals surface area contributed by atoms with E-state index < -0.39 is 0 Å². The van der Waals surface area contributed by atoms with Gasteiger partial charge in [-0.2, -0.15) is 0 Å². The third-order valence-corrected chi connectivity index (χ3v) is 3.96. The van der Waals surface area contributed by atoms with E-state index in [1.807, 2.05) is 22.8 Å². The Balaban J connectivity index is 2.26. The first kappa shape index (κ1) is 16.1. The first-order valence-corrected chi connectivity index (χ1v) is 8.17. The average Bonchev–Trinajstić information content (AvgIpc) is 2.82. The molecule has 1 heterocycles. The zero-order chi connectivity index (χ0) is 15.4. The highest BCUT2D eigenvalue weighted by atomic mass is 79.9. The van der Waals surface area contributed by atoms with Gasteiger partial charge in [-0.05, 0) is 42.7 Å². The van der Waals surface area contributed by atoms with E-state index in [2.05, 4.69) is 35.1 Å². The highest BCUT2D eigenvalue weighted by Crippen LogP contribution is 2.23. The number of halogens is 2. The van der Waals surface area contributed by atoms with Crippen LogP contribution in [0.2, 0.25) is 5.02 Å². The largest absolute Gasteiger partial charge is 0.342 e. The van der Waals surface area contributed by atoms with Crippen LogP contribution in [0.5, 0.6) is 0 Å². The van der Waals surface area contributed by atoms with Crippen LogP contribution >= 0.6 is 27.5 Å². The number of carbonyl (C=O) groups is 1. The van der Waals surface area contributed by atoms with Crippen LogP contribution in [0.25, 0.3) is 0 Å². The number of anilines is 1. The number of hydrogen-bond acceptors (Lipinski definition) is 1. The average molecular weight is 370 g/mol. The number of aromatic nitrogens is 1. The second-order valence-corrected chi connectivity index (χ2v) is 6.20. The molecular formula is C16H18BrClN2O. The van der Waals surface area contributed by atoms with Crippen molar-refractivity contribution in [3.8, 4) is 0 Å². The molecule has 0 aliphatic carbocycles. The van der Waals surface area contributed by atoms with Crippen molar-refractivity contribution in [3.63, 3.8) is 0 Å². The maximum absolute atomic E-state index is 12.5. The fourth-order valence-electron chi connectivity index (χ4n) is 2.25. The van der Waals surface area contributed by atoms with Gasteiger partial charge in [0.25, 0.3) is 5.91 Å². The van der Waals surface area contributed by atoms with Crippen molar-refractivity contribution in [2.24, 2.45) is 0 Å². The topological polar surface area (TPSA) is 34.0 Å². The lowest BCUT2D eigenvalue weighted by Gasteiger charge is -2.12. The van der Waals surface area contributed by atoms with Gasteiger partial charge in [0.1, 0.15) is 5.69 Å². The molecule has 5 heteroatoms. The third-order valence-electron chi connectivity index (χ3n) is 3.26. The second-order valence-electron chi connectivity index (χ2n) is 4.85. The molecular weight excluding hydrogens is 352 g/mol. The van der Waals surface area contributed by atoms with Crippen LogP contribution in [-0.2, 0) is 13.0 Å². The van der Waals surface area contributed by atoms with Crippen molar-refractivity contribution in [1.82, 2.24) is 4.57 Å². The van der Waals surface area contributed by atoms with Gasteiger partial charge < -0.3 is 9.88 Å². The van der Waals surface area contributed by atoms with Crippen molar-refractivity contribution in [2.75, 3.05) is 5.32 Å². The Morgan fingerprint density at radius 3 is 2.76 bits per heavy atom. The number of benzene rings is 1. The Hall–Kier alpha value is -1.26. The summed E-state index contributed by atoms with van der Waals surface area (Å²) in [5.74, 6) is -0.132. The van der Waals surface area contributed by atoms with Gasteiger partial charge in [0.05, 0.1) is 5.02 Å². The predicted molar refractivity (Wildman–Crippen MR) is 91.2 cm³/mol. The first-order valence-electron chi connectivity index (χ1n) is 7.00. The lowest BCUT2D eigenvalue weighted by molar-refractivity contribution is 0.101. The van der Waals surface area contributed by atoms with Gasteiger partial charge in [0.2, 0.25) is 0 Å². The van der Waals surface area contributed by atoms with E-state index >= 15 is 0 Å². The minimum absolute atomic E-state index is 0.132. The molecule has 0 unspecified atom stereocenters. The SMILES string of the molecule is CCCn1cc(Cl)cc1C(=O)Nc1ccc(Br)cc1CC. The first-order chi connectivity index (χ1) is 10.0. The summed E-state index contributed by atoms with van der Waals surface area (Å²) in [6, 6.07) is 7.56. The smallest absolute Gasteiger partial charge is 0.272 e. The minimum Gasteiger partial charge on any atom is -0.342 e. The summed E-state index contributed by atoms with van der Waals surface area (Å²) in [4.78, 5) is 12.5. The zero-order valence-electron chi connectivity index (χ0n) is 12.1. The molecule has 0 aliphatic rings. The highest BCUT2D eigenvalue weighted by Gasteiger charge is 2.14. The number of amides is 1. The molecule has 0 radical (unpaired) electrons. The summed E-state index contributed by atoms with van der Waals surface area (Å²) in [7, 11) is 0. The Morgan fingerprint density at radius 1 is 1.33 bits per heavy atom. The Bertz CT molecular complexity index is 652. The molecule has 112 valence electrons. The molecule has 1 aromatic carbocycles. The number of nitrogens with one attached hydrogen (secondary N) is 1. The Kier molecular flexibility index (Phi) is 5.48. The minimum atomic E-state index is -0.132. The van der Waals surface area contributed by atoms with Crippen LogP contribution in [0.1, 0.15) is 36.3 Å². The summed E-state index contributed by atoms with van der Waals surface area (Å²) in [6.07, 6.45) is 3.60. The van der Waals surface area contributed by atoms with E-state index in [0.29, 0.717) is 10.7 Å². The van der Waals surface area contributed by atoms with Crippen LogP contribution in [0.3, 0.4) is 0 Å². The molecule has 3 nitrogen and oxygen atoms in total. The summed E-state index contributed by atoms with van der Waals surface area (Å²) in [6.45, 7) is 4.91. The van der Waals surface area contributed by atoms with Crippen molar-refractivity contribution >= 4 is 39.1 Å². The molecule has 1 N–H and O–H groups in total. The van der Waals surface area contributed by atoms with Gasteiger partial charge in [0.15, 0.2) is 0 Å². The number of hydrogen-bond donors (Lipinski definition) is 1. The Morgan fingerprint density at radius 2 is 2.10 bits per heavy atom. The third kappa shape index (κ3) is 3.89. The molecule has 2 rings (SSSR count). The summed E-state index contributed by atoms with van der Waals surface area (Å²) < 4.78 is 2.90. The molecule has 0 saturated carbocycles. The molecule has 1 aromatic heterocycles. The molecule has 0 atom stereocenters. The van der Waals surface area contributed by atoms with Crippen molar-refractivity contribution < 1.29 is 4.79 Å². The molecule has 21 heavy (non-hydrogen) atoms. The number of nitrogens with zero attached hydrogens (tertiary/aromatic N) is 1. The zero-order valence-corrected chi connectivity index (χ0v) is 14.5. The molecule has 1 amide bonds. The van der Waals surface area contributed by atoms with E-state index in [1.165, 1.54) is 0 Å². The van der Waals surface area contributed by atoms with E-state index in [-0.39, 0.29) is 5.91 Å². The van der Waals surface area contributed by atoms with Gasteiger partial charge in [0, 0.05) is 22.9 Å². The molecule has 0 saturated heterocycles. The van der Waals surface area contributed by atoms with Gasteiger partial charge in [-0.15, -0.1) is 0 Å². The van der Waals surface area contributed by atoms with E-state index in [1.54, 1.807) is 12.3 Å². The van der Waals surface area contributed by atoms with Crippen molar-refractivity contribution in [1.29, 1.82) is 0 Å². The molecule has 0 fully saturated rings. The van der Waals surface area contributed by atoms with E-state index in [0.717, 1.165) is 35.1 Å². The normalized spacial score (nSPS) is 10.7. The monoisotopic (exact) mass is 368 g/mol. The van der Waals surface area contributed by atoms with Crippen molar-refractivity contribution in [3.05, 3.63) is 51.2 Å². The predicted octanol–water partition coefficient (Wildman–Crippen LogP) is 5.13. The maximum Gasteiger partial charge on any atom is 0.272 e. The van der Waals surface area contributed by atoms with Crippen LogP contribution in [0.4, 0.5) is 5.69 Å². The molecule has 0 aliphatic heterocycles. The maximum atomic E-state index is 12.5. The van der Waals surface area contributed by atoms with Gasteiger partial charge >= 0.3 is 0 Å². The lowest BCUT2D eigenvalue weighted by Crippen LogP contribution is -2.17. The summed E-state index contributed by atoms with van der Waals surface area (Å²) in [5.41, 5.74) is 2.52.